The van der Waals surface area contributed by atoms with Crippen LogP contribution in [0.5, 0.6) is 5.75 Å². The van der Waals surface area contributed by atoms with E-state index in [-0.39, 0.29) is 0 Å². The normalized spacial score (nSPS) is 17.0. The van der Waals surface area contributed by atoms with Crippen LogP contribution in [0.3, 0.4) is 0 Å². The fourth-order valence-electron chi connectivity index (χ4n) is 3.93. The van der Waals surface area contributed by atoms with Crippen molar-refractivity contribution in [2.75, 3.05) is 33.4 Å². The lowest BCUT2D eigenvalue weighted by Gasteiger charge is -2.25. The molecule has 4 nitrogen and oxygen atoms in total. The summed E-state index contributed by atoms with van der Waals surface area (Å²) in [6.45, 7) is 4.90. The average molecular weight is 364 g/mol. The third-order valence-corrected chi connectivity index (χ3v) is 5.48. The van der Waals surface area contributed by atoms with Gasteiger partial charge in [0.15, 0.2) is 0 Å². The van der Waals surface area contributed by atoms with Crippen molar-refractivity contribution in [3.8, 4) is 5.75 Å². The zero-order valence-electron chi connectivity index (χ0n) is 16.0. The molecule has 1 aliphatic rings. The van der Waals surface area contributed by atoms with Crippen LogP contribution in [0.15, 0.2) is 54.7 Å². The van der Waals surface area contributed by atoms with E-state index in [0.29, 0.717) is 5.92 Å². The largest absolute Gasteiger partial charge is 0.497 e. The van der Waals surface area contributed by atoms with E-state index in [1.807, 2.05) is 12.1 Å². The lowest BCUT2D eigenvalue weighted by molar-refractivity contribution is 0.165. The second-order valence-corrected chi connectivity index (χ2v) is 7.42. The van der Waals surface area contributed by atoms with Gasteiger partial charge in [-0.1, -0.05) is 30.3 Å². The molecule has 1 atom stereocenters. The smallest absolute Gasteiger partial charge is 0.118 e. The third-order valence-electron chi connectivity index (χ3n) is 5.48. The first-order valence-electron chi connectivity index (χ1n) is 9.80. The summed E-state index contributed by atoms with van der Waals surface area (Å²) < 4.78 is 10.9. The van der Waals surface area contributed by atoms with E-state index in [1.165, 1.54) is 28.5 Å². The van der Waals surface area contributed by atoms with Crippen molar-refractivity contribution in [2.45, 2.75) is 19.4 Å². The van der Waals surface area contributed by atoms with Crippen molar-refractivity contribution in [3.05, 3.63) is 65.9 Å². The molecule has 0 bridgehead atoms. The summed E-state index contributed by atoms with van der Waals surface area (Å²) in [5, 5.41) is 1.34. The maximum absolute atomic E-state index is 5.60. The van der Waals surface area contributed by atoms with Gasteiger partial charge in [-0.15, -0.1) is 0 Å². The van der Waals surface area contributed by atoms with E-state index in [2.05, 4.69) is 52.5 Å². The molecule has 1 aliphatic heterocycles. The molecule has 0 amide bonds. The Morgan fingerprint density at radius 1 is 1.15 bits per heavy atom. The Hall–Kier alpha value is -2.30. The van der Waals surface area contributed by atoms with Gasteiger partial charge in [-0.25, -0.2) is 0 Å². The average Bonchev–Trinajstić information content (AvgIpc) is 3.36. The monoisotopic (exact) mass is 364 g/mol. The van der Waals surface area contributed by atoms with Crippen LogP contribution < -0.4 is 4.74 Å². The second-order valence-electron chi connectivity index (χ2n) is 7.42. The number of ether oxygens (including phenoxy) is 2. The number of hydrogen-bond donors (Lipinski definition) is 1. The fourth-order valence-corrected chi connectivity index (χ4v) is 3.93. The molecule has 4 heteroatoms. The predicted octanol–water partition coefficient (Wildman–Crippen LogP) is 4.26. The zero-order chi connectivity index (χ0) is 18.5. The lowest BCUT2D eigenvalue weighted by atomic mass is 10.1. The molecule has 0 radical (unpaired) electrons. The molecule has 0 saturated carbocycles. The molecule has 1 aromatic heterocycles. The summed E-state index contributed by atoms with van der Waals surface area (Å²) >= 11 is 0. The third kappa shape index (κ3) is 4.52. The van der Waals surface area contributed by atoms with Gasteiger partial charge in [0.05, 0.1) is 13.7 Å². The van der Waals surface area contributed by atoms with Gasteiger partial charge in [-0.2, -0.15) is 0 Å². The van der Waals surface area contributed by atoms with Crippen LogP contribution in [0.25, 0.3) is 10.9 Å². The molecule has 3 aromatic rings. The van der Waals surface area contributed by atoms with Crippen molar-refractivity contribution < 1.29 is 9.47 Å². The molecule has 0 aliphatic carbocycles. The molecular formula is C23H28N2O2. The molecule has 1 unspecified atom stereocenters. The van der Waals surface area contributed by atoms with Gasteiger partial charge in [0.2, 0.25) is 0 Å². The van der Waals surface area contributed by atoms with E-state index in [1.54, 1.807) is 7.11 Å². The standard InChI is InChI=1S/C23H28N2O2/c1-26-21-8-6-18(7-9-21)15-25(16-19-11-13-27-17-19)12-10-20-14-24-23-5-3-2-4-22(20)23/h2-9,14,19,24H,10-13,15-17H2,1H3. The summed E-state index contributed by atoms with van der Waals surface area (Å²) in [7, 11) is 1.71. The summed E-state index contributed by atoms with van der Waals surface area (Å²) in [6.07, 6.45) is 4.38. The van der Waals surface area contributed by atoms with Crippen molar-refractivity contribution in [2.24, 2.45) is 5.92 Å². The molecule has 27 heavy (non-hydrogen) atoms. The van der Waals surface area contributed by atoms with Gasteiger partial charge in [0.1, 0.15) is 5.75 Å². The highest BCUT2D eigenvalue weighted by Gasteiger charge is 2.19. The number of methoxy groups -OCH3 is 1. The van der Waals surface area contributed by atoms with Crippen LogP contribution in [0.2, 0.25) is 0 Å². The van der Waals surface area contributed by atoms with Gasteiger partial charge in [0.25, 0.3) is 0 Å². The number of nitrogens with zero attached hydrogens (tertiary/aromatic N) is 1. The van der Waals surface area contributed by atoms with E-state index >= 15 is 0 Å². The highest BCUT2D eigenvalue weighted by atomic mass is 16.5. The summed E-state index contributed by atoms with van der Waals surface area (Å²) in [5.74, 6) is 1.56. The van der Waals surface area contributed by atoms with Gasteiger partial charge in [-0.05, 0) is 48.1 Å². The van der Waals surface area contributed by atoms with Crippen LogP contribution in [0.4, 0.5) is 0 Å². The van der Waals surface area contributed by atoms with E-state index < -0.39 is 0 Å². The highest BCUT2D eigenvalue weighted by Crippen LogP contribution is 2.21. The molecule has 4 rings (SSSR count). The molecular weight excluding hydrogens is 336 g/mol. The first-order chi connectivity index (χ1) is 13.3. The zero-order valence-corrected chi connectivity index (χ0v) is 16.0. The Labute approximate surface area is 161 Å². The van der Waals surface area contributed by atoms with Crippen molar-refractivity contribution >= 4 is 10.9 Å². The topological polar surface area (TPSA) is 37.5 Å². The molecule has 2 aromatic carbocycles. The first kappa shape index (κ1) is 18.1. The van der Waals surface area contributed by atoms with E-state index in [0.717, 1.165) is 45.0 Å². The minimum absolute atomic E-state index is 0.645. The quantitative estimate of drug-likeness (QED) is 0.649. The van der Waals surface area contributed by atoms with Crippen LogP contribution in [0.1, 0.15) is 17.5 Å². The van der Waals surface area contributed by atoms with Crippen molar-refractivity contribution in [3.63, 3.8) is 0 Å². The minimum atomic E-state index is 0.645. The van der Waals surface area contributed by atoms with Gasteiger partial charge in [0, 0.05) is 43.3 Å². The van der Waals surface area contributed by atoms with Crippen LogP contribution >= 0.6 is 0 Å². The van der Waals surface area contributed by atoms with Crippen LogP contribution in [-0.2, 0) is 17.7 Å². The Kier molecular flexibility index (Phi) is 5.75. The minimum Gasteiger partial charge on any atom is -0.497 e. The Balaban J connectivity index is 1.44. The molecule has 142 valence electrons. The second kappa shape index (κ2) is 8.59. The van der Waals surface area contributed by atoms with Crippen LogP contribution in [0, 0.1) is 5.92 Å². The number of para-hydroxylation sites is 1. The summed E-state index contributed by atoms with van der Waals surface area (Å²) in [4.78, 5) is 5.97. The number of rotatable bonds is 8. The molecule has 2 heterocycles. The number of fused-ring (bicyclic) bond motifs is 1. The van der Waals surface area contributed by atoms with Crippen molar-refractivity contribution in [1.29, 1.82) is 0 Å². The van der Waals surface area contributed by atoms with Crippen molar-refractivity contribution in [1.82, 2.24) is 9.88 Å². The summed E-state index contributed by atoms with van der Waals surface area (Å²) in [6, 6.07) is 17.0. The van der Waals surface area contributed by atoms with Gasteiger partial charge < -0.3 is 14.5 Å². The number of hydrogen-bond acceptors (Lipinski definition) is 3. The molecule has 1 fully saturated rings. The maximum Gasteiger partial charge on any atom is 0.118 e. The number of nitrogens with one attached hydrogen (secondary N) is 1. The molecule has 0 spiro atoms. The Morgan fingerprint density at radius 3 is 2.78 bits per heavy atom. The number of aromatic nitrogens is 1. The van der Waals surface area contributed by atoms with Gasteiger partial charge in [-0.3, -0.25) is 4.90 Å². The van der Waals surface area contributed by atoms with E-state index in [4.69, 9.17) is 9.47 Å². The SMILES string of the molecule is COc1ccc(CN(CCc2c[nH]c3ccccc23)CC2CCOC2)cc1. The number of aromatic amines is 1. The maximum atomic E-state index is 5.60. The first-order valence-corrected chi connectivity index (χ1v) is 9.80. The number of H-pyrrole nitrogens is 1. The highest BCUT2D eigenvalue weighted by molar-refractivity contribution is 5.83. The fraction of sp³-hybridized carbons (Fsp3) is 0.391. The molecule has 1 saturated heterocycles. The van der Waals surface area contributed by atoms with Crippen LogP contribution in [-0.4, -0.2) is 43.3 Å². The Morgan fingerprint density at radius 2 is 2.00 bits per heavy atom. The Bertz CT molecular complexity index is 850. The molecule has 1 N–H and O–H groups in total. The summed E-state index contributed by atoms with van der Waals surface area (Å²) in [5.41, 5.74) is 3.94. The van der Waals surface area contributed by atoms with E-state index in [9.17, 15) is 0 Å². The predicted molar refractivity (Wildman–Crippen MR) is 109 cm³/mol. The van der Waals surface area contributed by atoms with Gasteiger partial charge >= 0.3 is 0 Å². The number of benzene rings is 2. The lowest BCUT2D eigenvalue weighted by Crippen LogP contribution is -2.31.